The van der Waals surface area contributed by atoms with Gasteiger partial charge in [0.25, 0.3) is 0 Å². The average molecular weight is 449 g/mol. The first-order valence-corrected chi connectivity index (χ1v) is 14.5. The number of aldehydes is 1. The van der Waals surface area contributed by atoms with Gasteiger partial charge in [0.1, 0.15) is 6.10 Å². The second-order valence-corrected chi connectivity index (χ2v) is 14.1. The molecule has 6 atom stereocenters. The molecule has 2 fully saturated rings. The van der Waals surface area contributed by atoms with E-state index in [4.69, 9.17) is 18.6 Å². The zero-order valence-electron chi connectivity index (χ0n) is 19.8. The van der Waals surface area contributed by atoms with Crippen LogP contribution >= 0.6 is 0 Å². The fraction of sp³-hybridized carbons (Fsp3) is 0.720. The third-order valence-electron chi connectivity index (χ3n) is 7.49. The lowest BCUT2D eigenvalue weighted by atomic mass is 9.85. The minimum absolute atomic E-state index is 0.0314. The summed E-state index contributed by atoms with van der Waals surface area (Å²) in [5.41, 5.74) is 0.712. The van der Waals surface area contributed by atoms with Crippen LogP contribution in [-0.4, -0.2) is 50.7 Å². The van der Waals surface area contributed by atoms with E-state index in [1.165, 1.54) is 0 Å². The first-order valence-electron chi connectivity index (χ1n) is 12.0. The van der Waals surface area contributed by atoms with E-state index in [9.17, 15) is 4.79 Å². The second-order valence-electron chi connectivity index (χ2n) is 9.37. The predicted molar refractivity (Wildman–Crippen MR) is 125 cm³/mol. The molecule has 2 aliphatic rings. The van der Waals surface area contributed by atoms with Gasteiger partial charge in [0.15, 0.2) is 14.6 Å². The van der Waals surface area contributed by atoms with Gasteiger partial charge in [0.05, 0.1) is 36.6 Å². The molecule has 5 nitrogen and oxygen atoms in total. The minimum atomic E-state index is -1.84. The molecule has 0 amide bonds. The van der Waals surface area contributed by atoms with Crippen molar-refractivity contribution in [3.05, 3.63) is 35.9 Å². The molecule has 3 rings (SSSR count). The van der Waals surface area contributed by atoms with E-state index < -0.39 is 20.0 Å². The first kappa shape index (κ1) is 24.6. The molecule has 174 valence electrons. The molecule has 0 N–H and O–H groups in total. The Morgan fingerprint density at radius 3 is 2.42 bits per heavy atom. The van der Waals surface area contributed by atoms with Gasteiger partial charge in [-0.15, -0.1) is 0 Å². The zero-order valence-corrected chi connectivity index (χ0v) is 20.8. The maximum Gasteiger partial charge on any atom is 0.192 e. The quantitative estimate of drug-likeness (QED) is 0.380. The summed E-state index contributed by atoms with van der Waals surface area (Å²) in [5.74, 6) is 0. The van der Waals surface area contributed by atoms with E-state index in [-0.39, 0.29) is 24.4 Å². The van der Waals surface area contributed by atoms with Gasteiger partial charge in [0, 0.05) is 6.42 Å². The van der Waals surface area contributed by atoms with E-state index in [1.807, 2.05) is 18.2 Å². The van der Waals surface area contributed by atoms with Crippen LogP contribution in [0.4, 0.5) is 0 Å². The molecule has 2 aliphatic heterocycles. The summed E-state index contributed by atoms with van der Waals surface area (Å²) in [4.78, 5) is 12.0. The molecule has 0 aromatic heterocycles. The Kier molecular flexibility index (Phi) is 8.49. The van der Waals surface area contributed by atoms with E-state index in [1.54, 1.807) is 0 Å². The van der Waals surface area contributed by atoms with Crippen molar-refractivity contribution >= 4 is 14.6 Å². The molecular formula is C25H40O5Si. The highest BCUT2D eigenvalue weighted by Crippen LogP contribution is 2.41. The molecular weight excluding hydrogens is 408 g/mol. The summed E-state index contributed by atoms with van der Waals surface area (Å²) in [6.07, 6.45) is 2.25. The lowest BCUT2D eigenvalue weighted by Crippen LogP contribution is -2.55. The zero-order chi connectivity index (χ0) is 22.5. The van der Waals surface area contributed by atoms with Gasteiger partial charge in [0.2, 0.25) is 0 Å². The lowest BCUT2D eigenvalue weighted by Gasteiger charge is -2.46. The minimum Gasteiger partial charge on any atom is -0.411 e. The van der Waals surface area contributed by atoms with Crippen LogP contribution in [0.15, 0.2) is 30.3 Å². The van der Waals surface area contributed by atoms with Crippen LogP contribution in [0.3, 0.4) is 0 Å². The van der Waals surface area contributed by atoms with Gasteiger partial charge in [-0.3, -0.25) is 0 Å². The molecule has 0 radical (unpaired) electrons. The Bertz CT molecular complexity index is 686. The summed E-state index contributed by atoms with van der Waals surface area (Å²) >= 11 is 0. The van der Waals surface area contributed by atoms with Gasteiger partial charge in [-0.2, -0.15) is 0 Å². The Morgan fingerprint density at radius 1 is 1.13 bits per heavy atom. The average Bonchev–Trinajstić information content (AvgIpc) is 2.92. The highest BCUT2D eigenvalue weighted by Gasteiger charge is 2.50. The van der Waals surface area contributed by atoms with Crippen LogP contribution in [0.5, 0.6) is 0 Å². The third-order valence-corrected chi connectivity index (χ3v) is 12.2. The van der Waals surface area contributed by atoms with Crippen LogP contribution in [0, 0.1) is 0 Å². The van der Waals surface area contributed by atoms with Gasteiger partial charge >= 0.3 is 0 Å². The molecule has 0 aliphatic carbocycles. The first-order chi connectivity index (χ1) is 14.9. The number of hydrogen-bond donors (Lipinski definition) is 0. The fourth-order valence-corrected chi connectivity index (χ4v) is 7.96. The third kappa shape index (κ3) is 5.66. The molecule has 1 aromatic carbocycles. The summed E-state index contributed by atoms with van der Waals surface area (Å²) in [6.45, 7) is 11.4. The van der Waals surface area contributed by atoms with Crippen molar-refractivity contribution in [3.63, 3.8) is 0 Å². The van der Waals surface area contributed by atoms with Gasteiger partial charge in [-0.05, 0) is 50.4 Å². The van der Waals surface area contributed by atoms with Crippen molar-refractivity contribution in [1.82, 2.24) is 0 Å². The van der Waals surface area contributed by atoms with Crippen LogP contribution in [0.1, 0.15) is 59.4 Å². The normalized spacial score (nSPS) is 34.0. The topological polar surface area (TPSA) is 54.0 Å². The molecule has 0 saturated carbocycles. The number of carbonyl (C=O) groups is 1. The number of ether oxygens (including phenoxy) is 3. The molecule has 0 bridgehead atoms. The highest BCUT2D eigenvalue weighted by molar-refractivity contribution is 6.73. The number of hydrogen-bond acceptors (Lipinski definition) is 5. The standard InChI is InChI=1S/C25H40O5Si/c1-6-31(7-2,8-3)30-21-14-15-25(5)24(28-23(21)17-26)16-22(19(4)29-25)27-18-20-12-10-9-11-13-20/h9-13,17,19,21-24H,6-8,14-16,18H2,1-5H3/t19-,21-,22+,23+,24-,25+/m1/s1. The molecule has 6 heteroatoms. The maximum absolute atomic E-state index is 12.0. The van der Waals surface area contributed by atoms with E-state index in [0.717, 1.165) is 49.2 Å². The number of fused-ring (bicyclic) bond motifs is 1. The van der Waals surface area contributed by atoms with Crippen molar-refractivity contribution in [2.45, 2.75) is 115 Å². The van der Waals surface area contributed by atoms with Crippen LogP contribution in [0.2, 0.25) is 18.1 Å². The summed E-state index contributed by atoms with van der Waals surface area (Å²) in [7, 11) is -1.84. The van der Waals surface area contributed by atoms with Crippen LogP contribution in [-0.2, 0) is 30.0 Å². The van der Waals surface area contributed by atoms with Crippen molar-refractivity contribution in [3.8, 4) is 0 Å². The molecule has 0 spiro atoms. The smallest absolute Gasteiger partial charge is 0.192 e. The monoisotopic (exact) mass is 448 g/mol. The SMILES string of the molecule is CC[Si](CC)(CC)O[C@@H]1CC[C@]2(C)O[C@H](C)[C@@H](OCc3ccccc3)C[C@H]2O[C@H]1C=O. The van der Waals surface area contributed by atoms with E-state index in [2.05, 4.69) is 46.8 Å². The predicted octanol–water partition coefficient (Wildman–Crippen LogP) is 5.28. The Hall–Kier alpha value is -1.05. The Morgan fingerprint density at radius 2 is 1.81 bits per heavy atom. The largest absolute Gasteiger partial charge is 0.411 e. The molecule has 1 aromatic rings. The summed E-state index contributed by atoms with van der Waals surface area (Å²) < 4.78 is 25.9. The number of benzene rings is 1. The summed E-state index contributed by atoms with van der Waals surface area (Å²) in [5, 5.41) is 0. The van der Waals surface area contributed by atoms with E-state index in [0.29, 0.717) is 6.61 Å². The fourth-order valence-electron chi connectivity index (χ4n) is 5.07. The van der Waals surface area contributed by atoms with Crippen LogP contribution in [0.25, 0.3) is 0 Å². The Labute approximate surface area is 188 Å². The van der Waals surface area contributed by atoms with Crippen molar-refractivity contribution in [2.75, 3.05) is 0 Å². The van der Waals surface area contributed by atoms with E-state index >= 15 is 0 Å². The summed E-state index contributed by atoms with van der Waals surface area (Å²) in [6, 6.07) is 13.4. The molecule has 0 unspecified atom stereocenters. The number of rotatable bonds is 9. The lowest BCUT2D eigenvalue weighted by molar-refractivity contribution is -0.241. The highest BCUT2D eigenvalue weighted by atomic mass is 28.4. The van der Waals surface area contributed by atoms with Crippen molar-refractivity contribution in [1.29, 1.82) is 0 Å². The Balaban J connectivity index is 1.71. The van der Waals surface area contributed by atoms with Crippen molar-refractivity contribution < 1.29 is 23.4 Å². The van der Waals surface area contributed by atoms with Crippen LogP contribution < -0.4 is 0 Å². The van der Waals surface area contributed by atoms with Gasteiger partial charge in [-0.1, -0.05) is 51.1 Å². The molecule has 2 saturated heterocycles. The van der Waals surface area contributed by atoms with Gasteiger partial charge < -0.3 is 23.4 Å². The second kappa shape index (κ2) is 10.7. The van der Waals surface area contributed by atoms with Gasteiger partial charge in [-0.25, -0.2) is 0 Å². The number of carbonyl (C=O) groups excluding carboxylic acids is 1. The van der Waals surface area contributed by atoms with Crippen molar-refractivity contribution in [2.24, 2.45) is 0 Å². The molecule has 2 heterocycles. The molecule has 31 heavy (non-hydrogen) atoms. The maximum atomic E-state index is 12.0.